The van der Waals surface area contributed by atoms with Crippen LogP contribution in [0.25, 0.3) is 10.8 Å². The molecule has 3 saturated carbocycles. The van der Waals surface area contributed by atoms with E-state index < -0.39 is 11.7 Å². The van der Waals surface area contributed by atoms with Gasteiger partial charge in [-0.15, -0.1) is 21.5 Å². The Bertz CT molecular complexity index is 2670. The number of thiazole rings is 1. The van der Waals surface area contributed by atoms with E-state index in [2.05, 4.69) is 42.3 Å². The fourth-order valence-corrected chi connectivity index (χ4v) is 12.5. The zero-order chi connectivity index (χ0) is 45.4. The number of benzene rings is 2. The molecule has 2 aromatic carbocycles. The Morgan fingerprint density at radius 2 is 1.68 bits per heavy atom. The highest BCUT2D eigenvalue weighted by molar-refractivity contribution is 7.11. The summed E-state index contributed by atoms with van der Waals surface area (Å²) in [6.07, 6.45) is 12.7. The van der Waals surface area contributed by atoms with Crippen LogP contribution >= 0.6 is 11.3 Å². The van der Waals surface area contributed by atoms with Gasteiger partial charge in [-0.25, -0.2) is 14.5 Å². The Hall–Kier alpha value is -5.39. The number of carbonyl (C=O) groups excluding carboxylic acids is 3. The molecule has 66 heavy (non-hydrogen) atoms. The number of nitrogens with zero attached hydrogens (tertiary/aromatic N) is 8. The first kappa shape index (κ1) is 44.4. The quantitative estimate of drug-likeness (QED) is 0.110. The van der Waals surface area contributed by atoms with Crippen LogP contribution in [0.2, 0.25) is 0 Å². The zero-order valence-electron chi connectivity index (χ0n) is 37.9. The molecule has 3 aliphatic heterocycles. The minimum atomic E-state index is -0.605. The highest BCUT2D eigenvalue weighted by Crippen LogP contribution is 2.74. The molecule has 0 spiro atoms. The van der Waals surface area contributed by atoms with Gasteiger partial charge in [0.25, 0.3) is 11.5 Å². The predicted molar refractivity (Wildman–Crippen MR) is 249 cm³/mol. The minimum Gasteiger partial charge on any atom is -0.356 e. The van der Waals surface area contributed by atoms with E-state index in [9.17, 15) is 23.6 Å². The summed E-state index contributed by atoms with van der Waals surface area (Å²) in [6.45, 7) is 8.06. The van der Waals surface area contributed by atoms with Gasteiger partial charge in [-0.2, -0.15) is 5.10 Å². The van der Waals surface area contributed by atoms with Gasteiger partial charge in [-0.05, 0) is 102 Å². The highest BCUT2D eigenvalue weighted by atomic mass is 32.1. The average molecular weight is 918 g/mol. The zero-order valence-corrected chi connectivity index (χ0v) is 38.7. The SMILES string of the molecule is Cc1sc(CN2CCCC2c2nnc3n2CCCCC3)nc1C12CC(C(=O)NCCCCCNCC(=O)N3CCN(C(=O)c4cc(Cc5n[nH]c(=O)c6ccccc56)ccc4F)CC3)(C1)C2. The lowest BCUT2D eigenvalue weighted by molar-refractivity contribution is -0.176. The third kappa shape index (κ3) is 8.69. The first-order chi connectivity index (χ1) is 32.1. The molecule has 6 heterocycles. The van der Waals surface area contributed by atoms with Gasteiger partial charge in [0.1, 0.15) is 22.5 Å². The van der Waals surface area contributed by atoms with Crippen LogP contribution in [0.4, 0.5) is 4.39 Å². The monoisotopic (exact) mass is 917 g/mol. The van der Waals surface area contributed by atoms with Crippen LogP contribution in [0.5, 0.6) is 0 Å². The van der Waals surface area contributed by atoms with Gasteiger partial charge < -0.3 is 25.0 Å². The first-order valence-electron chi connectivity index (χ1n) is 24.0. The van der Waals surface area contributed by atoms with Crippen molar-refractivity contribution in [2.45, 2.75) is 115 Å². The summed E-state index contributed by atoms with van der Waals surface area (Å²) in [5.41, 5.74) is 2.05. The normalized spacial score (nSPS) is 22.7. The smallest absolute Gasteiger partial charge is 0.272 e. The third-order valence-electron chi connectivity index (χ3n) is 14.9. The van der Waals surface area contributed by atoms with E-state index in [-0.39, 0.29) is 40.3 Å². The molecule has 2 bridgehead atoms. The van der Waals surface area contributed by atoms with E-state index in [4.69, 9.17) is 10.1 Å². The fourth-order valence-electron chi connectivity index (χ4n) is 11.4. The van der Waals surface area contributed by atoms with Gasteiger partial charge in [-0.1, -0.05) is 37.1 Å². The van der Waals surface area contributed by atoms with Crippen molar-refractivity contribution in [3.05, 3.63) is 103 Å². The summed E-state index contributed by atoms with van der Waals surface area (Å²) >= 11 is 1.82. The molecule has 5 fully saturated rings. The summed E-state index contributed by atoms with van der Waals surface area (Å²) in [4.78, 5) is 64.4. The largest absolute Gasteiger partial charge is 0.356 e. The standard InChI is InChI=1S/C49H60FN11O4S/c1-32-43(53-41(66-32)28-60-19-10-13-39(60)44-56-55-40-14-4-2-9-20-61(40)44)48-29-49(30-48,31-48)47(65)52-18-8-3-7-17-51-27-42(62)58-21-23-59(24-22-58)46(64)36-25-33(15-16-37(36)50)26-38-34-11-5-6-12-35(34)45(63)57-54-38/h5-6,11-12,15-16,25,39,51H,2-4,7-10,13-14,17-24,26-31H2,1H3,(H,52,65)(H,57,63). The molecule has 1 atom stereocenters. The molecule has 2 saturated heterocycles. The second-order valence-corrected chi connectivity index (χ2v) is 20.7. The summed E-state index contributed by atoms with van der Waals surface area (Å²) in [7, 11) is 0. The Balaban J connectivity index is 0.606. The minimum absolute atomic E-state index is 0.0228. The lowest BCUT2D eigenvalue weighted by Gasteiger charge is -2.68. The third-order valence-corrected chi connectivity index (χ3v) is 15.9. The topological polar surface area (TPSA) is 174 Å². The molecule has 3 aliphatic carbocycles. The van der Waals surface area contributed by atoms with Gasteiger partial charge in [0.15, 0.2) is 0 Å². The number of rotatable bonds is 16. The summed E-state index contributed by atoms with van der Waals surface area (Å²) in [5, 5.41) is 24.9. The van der Waals surface area contributed by atoms with Gasteiger partial charge in [0.2, 0.25) is 11.8 Å². The van der Waals surface area contributed by atoms with E-state index in [1.165, 1.54) is 47.3 Å². The van der Waals surface area contributed by atoms with Crippen LogP contribution in [0.3, 0.4) is 0 Å². The van der Waals surface area contributed by atoms with Crippen LogP contribution < -0.4 is 16.2 Å². The highest BCUT2D eigenvalue weighted by Gasteiger charge is 2.73. The molecule has 3 amide bonds. The molecule has 1 unspecified atom stereocenters. The molecule has 17 heteroatoms. The number of H-pyrrole nitrogens is 1. The van der Waals surface area contributed by atoms with Gasteiger partial charge in [0.05, 0.1) is 46.9 Å². The molecule has 11 rings (SSSR count). The number of fused-ring (bicyclic) bond motifs is 2. The maximum absolute atomic E-state index is 15.0. The summed E-state index contributed by atoms with van der Waals surface area (Å²) < 4.78 is 17.4. The number of unbranched alkanes of at least 4 members (excludes halogenated alkanes) is 2. The number of likely N-dealkylation sites (tertiary alicyclic amines) is 1. The lowest BCUT2D eigenvalue weighted by atomic mass is 9.34. The molecular formula is C49H60FN11O4S. The molecule has 6 aliphatic rings. The van der Waals surface area contributed by atoms with Crippen LogP contribution in [-0.2, 0) is 40.9 Å². The molecule has 3 N–H and O–H groups in total. The molecular weight excluding hydrogens is 858 g/mol. The number of halogens is 1. The Kier molecular flexibility index (Phi) is 12.6. The van der Waals surface area contributed by atoms with E-state index >= 15 is 0 Å². The maximum Gasteiger partial charge on any atom is 0.272 e. The van der Waals surface area contributed by atoms with Gasteiger partial charge >= 0.3 is 0 Å². The number of amides is 3. The van der Waals surface area contributed by atoms with Gasteiger partial charge in [-0.3, -0.25) is 24.1 Å². The first-order valence-corrected chi connectivity index (χ1v) is 24.9. The number of aromatic amines is 1. The number of hydrogen-bond acceptors (Lipinski definition) is 11. The Morgan fingerprint density at radius 1 is 0.894 bits per heavy atom. The number of aromatic nitrogens is 6. The van der Waals surface area contributed by atoms with Crippen LogP contribution in [-0.4, -0.2) is 115 Å². The summed E-state index contributed by atoms with van der Waals surface area (Å²) in [5.74, 6) is 1.43. The van der Waals surface area contributed by atoms with Gasteiger partial charge in [0, 0.05) is 67.8 Å². The van der Waals surface area contributed by atoms with Crippen molar-refractivity contribution < 1.29 is 18.8 Å². The molecule has 5 aromatic rings. The van der Waals surface area contributed by atoms with E-state index in [1.807, 2.05) is 23.5 Å². The lowest BCUT2D eigenvalue weighted by Crippen LogP contribution is -2.70. The Labute approximate surface area is 387 Å². The number of piperazine rings is 1. The molecule has 3 aromatic heterocycles. The second-order valence-electron chi connectivity index (χ2n) is 19.4. The van der Waals surface area contributed by atoms with Crippen molar-refractivity contribution in [2.24, 2.45) is 5.41 Å². The average Bonchev–Trinajstić information content (AvgIpc) is 3.98. The molecule has 0 radical (unpaired) electrons. The van der Waals surface area contributed by atoms with Crippen molar-refractivity contribution in [3.63, 3.8) is 0 Å². The Morgan fingerprint density at radius 3 is 2.52 bits per heavy atom. The van der Waals surface area contributed by atoms with Crippen LogP contribution in [0.15, 0.2) is 47.3 Å². The van der Waals surface area contributed by atoms with E-state index in [0.29, 0.717) is 73.8 Å². The number of aryl methyl sites for hydroxylation is 2. The number of nitrogens with one attached hydrogen (secondary N) is 3. The number of carbonyl (C=O) groups is 3. The summed E-state index contributed by atoms with van der Waals surface area (Å²) in [6, 6.07) is 11.9. The van der Waals surface area contributed by atoms with Crippen molar-refractivity contribution in [1.29, 1.82) is 0 Å². The van der Waals surface area contributed by atoms with Crippen LogP contribution in [0, 0.1) is 18.2 Å². The van der Waals surface area contributed by atoms with Crippen LogP contribution in [0.1, 0.15) is 126 Å². The fraction of sp³-hybridized carbons (Fsp3) is 0.551. The molecule has 15 nitrogen and oxygen atoms in total. The van der Waals surface area contributed by atoms with E-state index in [1.54, 1.807) is 34.1 Å². The maximum atomic E-state index is 15.0. The van der Waals surface area contributed by atoms with Crippen molar-refractivity contribution in [2.75, 3.05) is 52.4 Å². The van der Waals surface area contributed by atoms with Crippen molar-refractivity contribution in [3.8, 4) is 0 Å². The van der Waals surface area contributed by atoms with Crippen molar-refractivity contribution in [1.82, 2.24) is 55.3 Å². The molecule has 348 valence electrons. The number of hydrogen-bond donors (Lipinski definition) is 3. The second kappa shape index (κ2) is 18.7. The predicted octanol–water partition coefficient (Wildman–Crippen LogP) is 5.36. The van der Waals surface area contributed by atoms with E-state index in [0.717, 1.165) is 82.6 Å². The van der Waals surface area contributed by atoms with Crippen molar-refractivity contribution >= 4 is 39.8 Å².